The Kier molecular flexibility index (Phi) is 8.21. The van der Waals surface area contributed by atoms with Crippen molar-refractivity contribution >= 4 is 32.6 Å². The Morgan fingerprint density at radius 3 is 2.50 bits per heavy atom. The van der Waals surface area contributed by atoms with Gasteiger partial charge in [-0.2, -0.15) is 0 Å². The van der Waals surface area contributed by atoms with Gasteiger partial charge in [0.2, 0.25) is 0 Å². The Labute approximate surface area is 204 Å². The second-order valence-electron chi connectivity index (χ2n) is 7.95. The monoisotopic (exact) mass is 485 g/mol. The van der Waals surface area contributed by atoms with Crippen molar-refractivity contribution in [3.63, 3.8) is 0 Å². The highest BCUT2D eigenvalue weighted by molar-refractivity contribution is 7.22. The smallest absolute Gasteiger partial charge is 0.266 e. The molecule has 0 aliphatic carbocycles. The lowest BCUT2D eigenvalue weighted by molar-refractivity contribution is -0.120. The molecule has 2 aromatic carbocycles. The van der Waals surface area contributed by atoms with Gasteiger partial charge < -0.3 is 18.9 Å². The van der Waals surface area contributed by atoms with Crippen molar-refractivity contribution in [1.82, 2.24) is 9.88 Å². The van der Waals surface area contributed by atoms with Gasteiger partial charge in [0.15, 0.2) is 11.7 Å². The molecule has 0 N–H and O–H groups in total. The molecular formula is C25H31N3O5S. The number of fused-ring (bicyclic) bond motifs is 1. The number of anilines is 1. The zero-order valence-corrected chi connectivity index (χ0v) is 20.7. The third kappa shape index (κ3) is 5.78. The molecule has 1 amide bonds. The predicted octanol–water partition coefficient (Wildman–Crippen LogP) is 3.76. The SMILES string of the molecule is CCOc1ccc(OCC(=O)N(CCN2CCOCC2)c2nc3c(OC)ccc(C)c3s2)cc1. The summed E-state index contributed by atoms with van der Waals surface area (Å²) in [4.78, 5) is 22.2. The van der Waals surface area contributed by atoms with E-state index in [2.05, 4.69) is 4.90 Å². The molecule has 8 nitrogen and oxygen atoms in total. The first-order valence-corrected chi connectivity index (χ1v) is 12.3. The van der Waals surface area contributed by atoms with Crippen LogP contribution in [0.5, 0.6) is 17.2 Å². The molecule has 0 radical (unpaired) electrons. The van der Waals surface area contributed by atoms with Gasteiger partial charge in [-0.05, 0) is 49.7 Å². The van der Waals surface area contributed by atoms with Crippen molar-refractivity contribution in [3.8, 4) is 17.2 Å². The number of benzene rings is 2. The van der Waals surface area contributed by atoms with Crippen LogP contribution in [-0.4, -0.2) is 75.5 Å². The highest BCUT2D eigenvalue weighted by atomic mass is 32.1. The van der Waals surface area contributed by atoms with Crippen molar-refractivity contribution in [1.29, 1.82) is 0 Å². The second kappa shape index (κ2) is 11.5. The zero-order valence-electron chi connectivity index (χ0n) is 19.9. The van der Waals surface area contributed by atoms with Gasteiger partial charge >= 0.3 is 0 Å². The number of nitrogens with zero attached hydrogens (tertiary/aromatic N) is 3. The first-order chi connectivity index (χ1) is 16.6. The van der Waals surface area contributed by atoms with Gasteiger partial charge in [0.05, 0.1) is 31.6 Å². The molecule has 1 saturated heterocycles. The number of ether oxygens (including phenoxy) is 4. The van der Waals surface area contributed by atoms with Gasteiger partial charge in [-0.3, -0.25) is 14.6 Å². The normalized spacial score (nSPS) is 14.2. The van der Waals surface area contributed by atoms with E-state index >= 15 is 0 Å². The van der Waals surface area contributed by atoms with Crippen molar-refractivity contribution in [3.05, 3.63) is 42.0 Å². The molecular weight excluding hydrogens is 454 g/mol. The van der Waals surface area contributed by atoms with E-state index in [1.165, 1.54) is 11.3 Å². The summed E-state index contributed by atoms with van der Waals surface area (Å²) in [6.07, 6.45) is 0. The molecule has 2 heterocycles. The van der Waals surface area contributed by atoms with Crippen molar-refractivity contribution in [2.75, 3.05) is 64.6 Å². The third-order valence-corrected chi connectivity index (χ3v) is 6.90. The maximum Gasteiger partial charge on any atom is 0.266 e. The van der Waals surface area contributed by atoms with Crippen LogP contribution in [0.25, 0.3) is 10.2 Å². The van der Waals surface area contributed by atoms with Gasteiger partial charge in [0, 0.05) is 26.2 Å². The van der Waals surface area contributed by atoms with Crippen molar-refractivity contribution in [2.24, 2.45) is 0 Å². The quantitative estimate of drug-likeness (QED) is 0.433. The molecule has 1 fully saturated rings. The summed E-state index contributed by atoms with van der Waals surface area (Å²) in [5.41, 5.74) is 1.88. The number of hydrogen-bond acceptors (Lipinski definition) is 8. The minimum atomic E-state index is -0.141. The van der Waals surface area contributed by atoms with Crippen LogP contribution >= 0.6 is 11.3 Å². The lowest BCUT2D eigenvalue weighted by Crippen LogP contribution is -2.44. The molecule has 1 aliphatic heterocycles. The molecule has 0 saturated carbocycles. The fourth-order valence-corrected chi connectivity index (χ4v) is 4.89. The third-order valence-electron chi connectivity index (χ3n) is 5.68. The topological polar surface area (TPSA) is 73.4 Å². The Morgan fingerprint density at radius 2 is 1.82 bits per heavy atom. The molecule has 4 rings (SSSR count). The molecule has 1 aromatic heterocycles. The highest BCUT2D eigenvalue weighted by Crippen LogP contribution is 2.36. The fraction of sp³-hybridized carbons (Fsp3) is 0.440. The van der Waals surface area contributed by atoms with E-state index in [1.54, 1.807) is 12.0 Å². The van der Waals surface area contributed by atoms with E-state index < -0.39 is 0 Å². The Bertz CT molecular complexity index is 1100. The van der Waals surface area contributed by atoms with Crippen LogP contribution in [-0.2, 0) is 9.53 Å². The number of thiazole rings is 1. The number of rotatable bonds is 10. The van der Waals surface area contributed by atoms with Crippen LogP contribution in [0.1, 0.15) is 12.5 Å². The van der Waals surface area contributed by atoms with Crippen molar-refractivity contribution in [2.45, 2.75) is 13.8 Å². The average molecular weight is 486 g/mol. The highest BCUT2D eigenvalue weighted by Gasteiger charge is 2.23. The van der Waals surface area contributed by atoms with Crippen LogP contribution in [0.4, 0.5) is 5.13 Å². The first-order valence-electron chi connectivity index (χ1n) is 11.5. The van der Waals surface area contributed by atoms with E-state index in [0.717, 1.165) is 41.2 Å². The molecule has 0 unspecified atom stereocenters. The summed E-state index contributed by atoms with van der Waals surface area (Å²) in [5.74, 6) is 1.95. The Balaban J connectivity index is 1.52. The summed E-state index contributed by atoms with van der Waals surface area (Å²) in [6, 6.07) is 11.2. The zero-order chi connectivity index (χ0) is 23.9. The molecule has 182 valence electrons. The lowest BCUT2D eigenvalue weighted by Gasteiger charge is -2.29. The van der Waals surface area contributed by atoms with Crippen LogP contribution in [0, 0.1) is 6.92 Å². The summed E-state index contributed by atoms with van der Waals surface area (Å²) >= 11 is 1.50. The number of hydrogen-bond donors (Lipinski definition) is 0. The number of morpholine rings is 1. The number of aromatic nitrogens is 1. The molecule has 3 aromatic rings. The second-order valence-corrected chi connectivity index (χ2v) is 8.93. The van der Waals surface area contributed by atoms with E-state index in [0.29, 0.717) is 43.0 Å². The molecule has 1 aliphatic rings. The van der Waals surface area contributed by atoms with Gasteiger partial charge in [-0.25, -0.2) is 4.98 Å². The van der Waals surface area contributed by atoms with Gasteiger partial charge in [-0.1, -0.05) is 17.4 Å². The van der Waals surface area contributed by atoms with Gasteiger partial charge in [0.1, 0.15) is 22.8 Å². The van der Waals surface area contributed by atoms with Gasteiger partial charge in [-0.15, -0.1) is 0 Å². The van der Waals surface area contributed by atoms with E-state index in [9.17, 15) is 4.79 Å². The van der Waals surface area contributed by atoms with E-state index in [1.807, 2.05) is 50.2 Å². The van der Waals surface area contributed by atoms with Crippen molar-refractivity contribution < 1.29 is 23.7 Å². The first kappa shape index (κ1) is 24.3. The number of methoxy groups -OCH3 is 1. The molecule has 34 heavy (non-hydrogen) atoms. The molecule has 9 heteroatoms. The maximum absolute atomic E-state index is 13.3. The maximum atomic E-state index is 13.3. The standard InChI is InChI=1S/C25H31N3O5S/c1-4-32-19-6-8-20(9-7-19)33-17-22(29)28(12-11-27-13-15-31-16-14-27)25-26-23-21(30-3)10-5-18(2)24(23)34-25/h5-10H,4,11-17H2,1-3H3. The van der Waals surface area contributed by atoms with Crippen LogP contribution in [0.15, 0.2) is 36.4 Å². The van der Waals surface area contributed by atoms with Crippen LogP contribution in [0.3, 0.4) is 0 Å². The average Bonchev–Trinajstić information content (AvgIpc) is 3.31. The summed E-state index contributed by atoms with van der Waals surface area (Å²) in [5, 5.41) is 0.649. The number of carbonyl (C=O) groups excluding carboxylic acids is 1. The number of aryl methyl sites for hydroxylation is 1. The molecule has 0 atom stereocenters. The lowest BCUT2D eigenvalue weighted by atomic mass is 10.2. The predicted molar refractivity (Wildman–Crippen MR) is 134 cm³/mol. The van der Waals surface area contributed by atoms with Gasteiger partial charge in [0.25, 0.3) is 5.91 Å². The summed E-state index contributed by atoms with van der Waals surface area (Å²) in [7, 11) is 1.63. The number of amides is 1. The fourth-order valence-electron chi connectivity index (χ4n) is 3.79. The minimum Gasteiger partial charge on any atom is -0.494 e. The summed E-state index contributed by atoms with van der Waals surface area (Å²) in [6.45, 7) is 8.91. The Morgan fingerprint density at radius 1 is 1.12 bits per heavy atom. The van der Waals surface area contributed by atoms with Crippen LogP contribution < -0.4 is 19.1 Å². The Hall–Kier alpha value is -2.88. The number of carbonyl (C=O) groups is 1. The molecule has 0 spiro atoms. The van der Waals surface area contributed by atoms with E-state index in [4.69, 9.17) is 23.9 Å². The van der Waals surface area contributed by atoms with Crippen LogP contribution in [0.2, 0.25) is 0 Å². The largest absolute Gasteiger partial charge is 0.494 e. The molecule has 0 bridgehead atoms. The minimum absolute atomic E-state index is 0.0802. The van der Waals surface area contributed by atoms with E-state index in [-0.39, 0.29) is 12.5 Å². The summed E-state index contributed by atoms with van der Waals surface area (Å²) < 4.78 is 23.3.